The molecule has 0 unspecified atom stereocenters. The number of hydrogen-bond donors (Lipinski definition) is 0. The van der Waals surface area contributed by atoms with E-state index in [0.717, 1.165) is 27.9 Å². The van der Waals surface area contributed by atoms with Gasteiger partial charge in [0.05, 0.1) is 27.7 Å². The molecule has 0 aliphatic heterocycles. The smallest absolute Gasteiger partial charge is 0.416 e. The third-order valence-corrected chi connectivity index (χ3v) is 6.25. The highest BCUT2D eigenvalue weighted by Gasteiger charge is 2.31. The van der Waals surface area contributed by atoms with Gasteiger partial charge in [-0.1, -0.05) is 65.7 Å². The van der Waals surface area contributed by atoms with Crippen LogP contribution in [0.15, 0.2) is 101 Å². The first-order valence-corrected chi connectivity index (χ1v) is 12.3. The van der Waals surface area contributed by atoms with Gasteiger partial charge in [0.25, 0.3) is 5.56 Å². The summed E-state index contributed by atoms with van der Waals surface area (Å²) in [5, 5.41) is 4.93. The molecule has 0 atom stereocenters. The van der Waals surface area contributed by atoms with Crippen LogP contribution in [0.25, 0.3) is 22.3 Å². The maximum atomic E-state index is 13.4. The summed E-state index contributed by atoms with van der Waals surface area (Å²) in [6.45, 7) is 2.34. The molecule has 0 spiro atoms. The predicted octanol–water partition coefficient (Wildman–Crippen LogP) is 7.51. The van der Waals surface area contributed by atoms with E-state index in [1.807, 2.05) is 31.2 Å². The first-order valence-electron chi connectivity index (χ1n) is 11.9. The number of aryl methyl sites for hydroxylation is 1. The molecule has 4 aromatic carbocycles. The summed E-state index contributed by atoms with van der Waals surface area (Å²) in [6.07, 6.45) is -3.16. The molecule has 0 saturated carbocycles. The fourth-order valence-electron chi connectivity index (χ4n) is 4.05. The molecule has 5 rings (SSSR count). The molecule has 9 heteroatoms. The lowest BCUT2D eigenvalue weighted by Gasteiger charge is -2.12. The molecule has 1 aromatic heterocycles. The number of hydrogen-bond acceptors (Lipinski definition) is 4. The molecular formula is C30H21ClF3N3O2. The molecule has 0 aliphatic carbocycles. The zero-order valence-corrected chi connectivity index (χ0v) is 21.4. The monoisotopic (exact) mass is 547 g/mol. The predicted molar refractivity (Wildman–Crippen MR) is 146 cm³/mol. The number of para-hydroxylation sites is 1. The van der Waals surface area contributed by atoms with Gasteiger partial charge in [-0.05, 0) is 60.5 Å². The van der Waals surface area contributed by atoms with Crippen molar-refractivity contribution in [3.63, 3.8) is 0 Å². The van der Waals surface area contributed by atoms with Gasteiger partial charge in [-0.25, -0.2) is 4.98 Å². The van der Waals surface area contributed by atoms with Crippen LogP contribution in [0.1, 0.15) is 22.3 Å². The normalized spacial score (nSPS) is 11.8. The van der Waals surface area contributed by atoms with Crippen LogP contribution in [0.2, 0.25) is 5.02 Å². The van der Waals surface area contributed by atoms with Crippen LogP contribution in [0, 0.1) is 6.92 Å². The average Bonchev–Trinajstić information content (AvgIpc) is 2.91. The largest absolute Gasteiger partial charge is 0.487 e. The Balaban J connectivity index is 1.50. The lowest BCUT2D eigenvalue weighted by molar-refractivity contribution is -0.137. The Hall–Kier alpha value is -4.43. The summed E-state index contributed by atoms with van der Waals surface area (Å²) in [5.41, 5.74) is 1.75. The number of fused-ring (bicyclic) bond motifs is 1. The SMILES string of the molecule is Cc1cccc(COc2ccc(C=Nn3c(-c4cccc(C(F)(F)F)c4)nc4ccccc4c3=O)cc2Cl)c1. The molecular weight excluding hydrogens is 527 g/mol. The maximum Gasteiger partial charge on any atom is 0.416 e. The molecule has 39 heavy (non-hydrogen) atoms. The topological polar surface area (TPSA) is 56.5 Å². The average molecular weight is 548 g/mol. The number of nitrogens with zero attached hydrogens (tertiary/aromatic N) is 3. The van der Waals surface area contributed by atoms with E-state index in [2.05, 4.69) is 10.1 Å². The highest BCUT2D eigenvalue weighted by molar-refractivity contribution is 6.32. The van der Waals surface area contributed by atoms with Crippen molar-refractivity contribution < 1.29 is 17.9 Å². The van der Waals surface area contributed by atoms with Crippen LogP contribution >= 0.6 is 11.6 Å². The molecule has 1 heterocycles. The van der Waals surface area contributed by atoms with E-state index in [1.165, 1.54) is 18.3 Å². The minimum atomic E-state index is -4.55. The van der Waals surface area contributed by atoms with Gasteiger partial charge in [0.1, 0.15) is 12.4 Å². The number of halogens is 4. The van der Waals surface area contributed by atoms with Gasteiger partial charge >= 0.3 is 6.18 Å². The van der Waals surface area contributed by atoms with Gasteiger partial charge < -0.3 is 4.74 Å². The molecule has 0 fully saturated rings. The van der Waals surface area contributed by atoms with E-state index >= 15 is 0 Å². The van der Waals surface area contributed by atoms with E-state index in [9.17, 15) is 18.0 Å². The van der Waals surface area contributed by atoms with Gasteiger partial charge in [-0.3, -0.25) is 4.79 Å². The highest BCUT2D eigenvalue weighted by Crippen LogP contribution is 2.32. The third kappa shape index (κ3) is 5.86. The van der Waals surface area contributed by atoms with Crippen LogP contribution < -0.4 is 10.3 Å². The standard InChI is InChI=1S/C30H21ClF3N3O2/c1-19-6-4-7-21(14-19)18-39-27-13-12-20(15-25(27)31)17-35-37-28(22-8-5-9-23(16-22)30(32,33)34)36-26-11-3-2-10-24(26)29(37)38/h2-17H,18H2,1H3. The molecule has 0 saturated heterocycles. The van der Waals surface area contributed by atoms with Crippen molar-refractivity contribution in [2.75, 3.05) is 0 Å². The van der Waals surface area contributed by atoms with Crippen molar-refractivity contribution in [2.45, 2.75) is 19.7 Å². The number of aromatic nitrogens is 2. The molecule has 0 radical (unpaired) electrons. The lowest BCUT2D eigenvalue weighted by atomic mass is 10.1. The second kappa shape index (κ2) is 10.7. The summed E-state index contributed by atoms with van der Waals surface area (Å²) < 4.78 is 47.0. The number of rotatable bonds is 6. The Morgan fingerprint density at radius 3 is 2.54 bits per heavy atom. The molecule has 5 nitrogen and oxygen atoms in total. The van der Waals surface area contributed by atoms with E-state index in [1.54, 1.807) is 42.5 Å². The number of benzene rings is 4. The molecule has 0 bridgehead atoms. The van der Waals surface area contributed by atoms with Gasteiger partial charge in [0.15, 0.2) is 5.82 Å². The van der Waals surface area contributed by atoms with Crippen molar-refractivity contribution in [2.24, 2.45) is 5.10 Å². The van der Waals surface area contributed by atoms with Gasteiger partial charge in [-0.15, -0.1) is 0 Å². The van der Waals surface area contributed by atoms with Gasteiger partial charge in [-0.2, -0.15) is 22.9 Å². The minimum absolute atomic E-state index is 0.0229. The van der Waals surface area contributed by atoms with Gasteiger partial charge in [0, 0.05) is 5.56 Å². The fraction of sp³-hybridized carbons (Fsp3) is 0.100. The summed E-state index contributed by atoms with van der Waals surface area (Å²) in [6, 6.07) is 24.2. The van der Waals surface area contributed by atoms with Crippen LogP contribution in [0.3, 0.4) is 0 Å². The lowest BCUT2D eigenvalue weighted by Crippen LogP contribution is -2.20. The zero-order valence-electron chi connectivity index (χ0n) is 20.6. The fourth-order valence-corrected chi connectivity index (χ4v) is 4.30. The van der Waals surface area contributed by atoms with E-state index in [4.69, 9.17) is 16.3 Å². The Labute approximate surface area is 226 Å². The Bertz CT molecular complexity index is 1760. The van der Waals surface area contributed by atoms with E-state index in [-0.39, 0.29) is 16.8 Å². The summed E-state index contributed by atoms with van der Waals surface area (Å²) in [4.78, 5) is 17.8. The van der Waals surface area contributed by atoms with Crippen molar-refractivity contribution in [3.8, 4) is 17.1 Å². The number of alkyl halides is 3. The van der Waals surface area contributed by atoms with Crippen LogP contribution in [0.4, 0.5) is 13.2 Å². The first kappa shape index (κ1) is 26.2. The van der Waals surface area contributed by atoms with Crippen molar-refractivity contribution in [1.29, 1.82) is 0 Å². The Kier molecular flexibility index (Phi) is 7.21. The molecule has 0 aliphatic rings. The van der Waals surface area contributed by atoms with Gasteiger partial charge in [0.2, 0.25) is 0 Å². The summed E-state index contributed by atoms with van der Waals surface area (Å²) in [5.74, 6) is 0.453. The third-order valence-electron chi connectivity index (χ3n) is 5.96. The molecule has 0 N–H and O–H groups in total. The van der Waals surface area contributed by atoms with Crippen LogP contribution in [0.5, 0.6) is 5.75 Å². The van der Waals surface area contributed by atoms with E-state index < -0.39 is 17.3 Å². The second-order valence-corrected chi connectivity index (χ2v) is 9.27. The minimum Gasteiger partial charge on any atom is -0.487 e. The van der Waals surface area contributed by atoms with Crippen molar-refractivity contribution >= 4 is 28.7 Å². The quantitative estimate of drug-likeness (QED) is 0.207. The summed E-state index contributed by atoms with van der Waals surface area (Å²) in [7, 11) is 0. The second-order valence-electron chi connectivity index (χ2n) is 8.86. The molecule has 196 valence electrons. The maximum absolute atomic E-state index is 13.4. The highest BCUT2D eigenvalue weighted by atomic mass is 35.5. The van der Waals surface area contributed by atoms with Crippen molar-refractivity contribution in [1.82, 2.24) is 9.66 Å². The number of ether oxygens (including phenoxy) is 1. The van der Waals surface area contributed by atoms with Crippen LogP contribution in [-0.2, 0) is 12.8 Å². The molecule has 5 aromatic rings. The van der Waals surface area contributed by atoms with Crippen LogP contribution in [-0.4, -0.2) is 15.9 Å². The Morgan fingerprint density at radius 2 is 1.77 bits per heavy atom. The molecule has 0 amide bonds. The van der Waals surface area contributed by atoms with E-state index in [0.29, 0.717) is 28.5 Å². The summed E-state index contributed by atoms with van der Waals surface area (Å²) >= 11 is 6.43. The Morgan fingerprint density at radius 1 is 0.974 bits per heavy atom. The first-order chi connectivity index (χ1) is 18.7. The van der Waals surface area contributed by atoms with Crippen molar-refractivity contribution in [3.05, 3.63) is 129 Å². The zero-order chi connectivity index (χ0) is 27.6.